The third kappa shape index (κ3) is 13.3. The van der Waals surface area contributed by atoms with Crippen LogP contribution in [0.4, 0.5) is 0 Å². The number of rotatable bonds is 30. The Morgan fingerprint density at radius 1 is 0.547 bits per heavy atom. The van der Waals surface area contributed by atoms with Crippen molar-refractivity contribution in [2.75, 3.05) is 27.2 Å². The normalized spacial score (nSPS) is 41.0. The second-order valence-corrected chi connectivity index (χ2v) is 21.3. The molecule has 0 N–H and O–H groups in total. The van der Waals surface area contributed by atoms with E-state index in [4.69, 9.17) is 9.47 Å². The molecule has 0 radical (unpaired) electrons. The molecule has 0 aromatic carbocycles. The van der Waals surface area contributed by atoms with Gasteiger partial charge in [0, 0.05) is 19.4 Å². The summed E-state index contributed by atoms with van der Waals surface area (Å²) in [6.45, 7) is 6.53. The van der Waals surface area contributed by atoms with Crippen LogP contribution in [0.5, 0.6) is 0 Å². The van der Waals surface area contributed by atoms with Gasteiger partial charge in [0.05, 0.1) is 12.7 Å². The molecular weight excluding hydrogens is 647 g/mol. The van der Waals surface area contributed by atoms with Gasteiger partial charge in [-0.1, -0.05) is 96.6 Å². The van der Waals surface area contributed by atoms with Crippen molar-refractivity contribution in [3.63, 3.8) is 0 Å². The van der Waals surface area contributed by atoms with E-state index in [0.717, 1.165) is 103 Å². The lowest BCUT2D eigenvalue weighted by Gasteiger charge is -2.36. The van der Waals surface area contributed by atoms with Crippen molar-refractivity contribution in [1.29, 1.82) is 0 Å². The third-order valence-corrected chi connectivity index (χ3v) is 16.2. The Hall–Kier alpha value is -0.380. The van der Waals surface area contributed by atoms with Crippen molar-refractivity contribution >= 4 is 0 Å². The van der Waals surface area contributed by atoms with Crippen LogP contribution in [0, 0.1) is 71.0 Å². The van der Waals surface area contributed by atoms with Gasteiger partial charge < -0.3 is 14.4 Å². The Morgan fingerprint density at radius 3 is 1.68 bits per heavy atom. The minimum atomic E-state index is -0.286. The zero-order valence-corrected chi connectivity index (χ0v) is 35.6. The van der Waals surface area contributed by atoms with Crippen LogP contribution < -0.4 is 0 Å². The first-order valence-electron chi connectivity index (χ1n) is 24.5. The van der Waals surface area contributed by atoms with E-state index < -0.39 is 0 Å². The molecule has 0 amide bonds. The fourth-order valence-electron chi connectivity index (χ4n) is 12.0. The van der Waals surface area contributed by atoms with E-state index in [1.165, 1.54) is 96.3 Å². The van der Waals surface area contributed by atoms with Gasteiger partial charge in [-0.2, -0.15) is 0 Å². The number of hydrogen-bond donors (Lipinski definition) is 0. The van der Waals surface area contributed by atoms with Gasteiger partial charge in [-0.3, -0.25) is 0 Å². The summed E-state index contributed by atoms with van der Waals surface area (Å²) in [6, 6.07) is 0. The maximum atomic E-state index is 6.81. The average Bonchev–Trinajstić information content (AvgIpc) is 3.87. The zero-order chi connectivity index (χ0) is 36.6. The van der Waals surface area contributed by atoms with Gasteiger partial charge in [0.15, 0.2) is 5.79 Å². The van der Waals surface area contributed by atoms with Gasteiger partial charge in [0.1, 0.15) is 0 Å². The molecule has 12 atom stereocenters. The number of hydrogen-bond acceptors (Lipinski definition) is 3. The summed E-state index contributed by atoms with van der Waals surface area (Å²) in [7, 11) is 4.36. The molecule has 0 spiro atoms. The van der Waals surface area contributed by atoms with Gasteiger partial charge >= 0.3 is 0 Å². The first-order chi connectivity index (χ1) is 25.9. The van der Waals surface area contributed by atoms with E-state index in [2.05, 4.69) is 45.0 Å². The van der Waals surface area contributed by atoms with Crippen LogP contribution in [0.15, 0.2) is 12.2 Å². The van der Waals surface area contributed by atoms with Crippen LogP contribution in [0.25, 0.3) is 0 Å². The molecule has 304 valence electrons. The summed E-state index contributed by atoms with van der Waals surface area (Å²) in [5.41, 5.74) is 0. The summed E-state index contributed by atoms with van der Waals surface area (Å²) < 4.78 is 13.4. The minimum absolute atomic E-state index is 0.286. The highest BCUT2D eigenvalue weighted by Crippen LogP contribution is 2.58. The molecule has 1 heterocycles. The second kappa shape index (κ2) is 19.9. The lowest BCUT2D eigenvalue weighted by molar-refractivity contribution is -0.180. The van der Waals surface area contributed by atoms with Crippen molar-refractivity contribution in [2.45, 2.75) is 206 Å². The maximum Gasteiger partial charge on any atom is 0.168 e. The molecule has 1 aliphatic heterocycles. The topological polar surface area (TPSA) is 21.7 Å². The van der Waals surface area contributed by atoms with Crippen LogP contribution in [-0.4, -0.2) is 44.0 Å². The van der Waals surface area contributed by atoms with Crippen molar-refractivity contribution in [3.05, 3.63) is 12.2 Å². The van der Waals surface area contributed by atoms with Crippen LogP contribution in [0.2, 0.25) is 0 Å². The predicted molar refractivity (Wildman–Crippen MR) is 224 cm³/mol. The highest BCUT2D eigenvalue weighted by molar-refractivity contribution is 5.04. The molecule has 12 unspecified atom stereocenters. The average molecular weight is 734 g/mol. The van der Waals surface area contributed by atoms with E-state index in [1.807, 2.05) is 0 Å². The molecule has 53 heavy (non-hydrogen) atoms. The molecule has 3 nitrogen and oxygen atoms in total. The van der Waals surface area contributed by atoms with Gasteiger partial charge in [0.2, 0.25) is 0 Å². The highest BCUT2D eigenvalue weighted by Gasteiger charge is 2.49. The highest BCUT2D eigenvalue weighted by atomic mass is 16.7. The monoisotopic (exact) mass is 734 g/mol. The smallest absolute Gasteiger partial charge is 0.168 e. The Balaban J connectivity index is 0.708. The quantitative estimate of drug-likeness (QED) is 0.0542. The van der Waals surface area contributed by atoms with Crippen LogP contribution in [0.1, 0.15) is 194 Å². The summed E-state index contributed by atoms with van der Waals surface area (Å²) in [4.78, 5) is 2.29. The van der Waals surface area contributed by atoms with Crippen molar-refractivity contribution in [2.24, 2.45) is 71.0 Å². The summed E-state index contributed by atoms with van der Waals surface area (Å²) >= 11 is 0. The third-order valence-electron chi connectivity index (χ3n) is 16.2. The van der Waals surface area contributed by atoms with Crippen LogP contribution >= 0.6 is 0 Å². The van der Waals surface area contributed by atoms with Gasteiger partial charge in [-0.25, -0.2) is 0 Å². The van der Waals surface area contributed by atoms with Gasteiger partial charge in [-0.05, 0) is 181 Å². The van der Waals surface area contributed by atoms with Crippen LogP contribution in [0.3, 0.4) is 0 Å². The molecule has 6 aliphatic carbocycles. The Morgan fingerprint density at radius 2 is 1.09 bits per heavy atom. The molecular formula is C50H87NO2. The maximum absolute atomic E-state index is 6.81. The molecule has 0 aromatic heterocycles. The zero-order valence-electron chi connectivity index (χ0n) is 35.6. The van der Waals surface area contributed by atoms with Crippen molar-refractivity contribution in [1.82, 2.24) is 4.90 Å². The minimum Gasteiger partial charge on any atom is -0.347 e. The fraction of sp³-hybridized carbons (Fsp3) is 0.960. The molecule has 3 heteroatoms. The molecule has 7 fully saturated rings. The van der Waals surface area contributed by atoms with E-state index >= 15 is 0 Å². The SMILES string of the molecule is CCCC=CC1CC1CC1CC(CC2CC2CCCCCC2(CCCCCC3CC3CC3CC3CC3CC3CCCCC)OCC(CCN(C)C)O2)C1. The Bertz CT molecular complexity index is 1100. The van der Waals surface area contributed by atoms with Crippen molar-refractivity contribution < 1.29 is 9.47 Å². The van der Waals surface area contributed by atoms with Gasteiger partial charge in [-0.15, -0.1) is 0 Å². The molecule has 7 rings (SSSR count). The summed E-state index contributed by atoms with van der Waals surface area (Å²) in [5, 5.41) is 0. The summed E-state index contributed by atoms with van der Waals surface area (Å²) in [5.74, 6) is 12.6. The largest absolute Gasteiger partial charge is 0.347 e. The van der Waals surface area contributed by atoms with Gasteiger partial charge in [0.25, 0.3) is 0 Å². The van der Waals surface area contributed by atoms with E-state index in [-0.39, 0.29) is 11.9 Å². The number of ether oxygens (including phenoxy) is 2. The number of unbranched alkanes of at least 4 members (excludes halogenated alkanes) is 7. The second-order valence-electron chi connectivity index (χ2n) is 21.3. The first kappa shape index (κ1) is 40.8. The van der Waals surface area contributed by atoms with E-state index in [1.54, 1.807) is 64.2 Å². The first-order valence-corrected chi connectivity index (χ1v) is 24.5. The Labute approximate surface area is 329 Å². The van der Waals surface area contributed by atoms with E-state index in [0.29, 0.717) is 0 Å². The summed E-state index contributed by atoms with van der Waals surface area (Å²) in [6.07, 6.45) is 45.3. The molecule has 6 saturated carbocycles. The molecule has 0 bridgehead atoms. The van der Waals surface area contributed by atoms with Crippen molar-refractivity contribution in [3.8, 4) is 0 Å². The fourth-order valence-corrected chi connectivity index (χ4v) is 12.0. The Kier molecular flexibility index (Phi) is 15.3. The predicted octanol–water partition coefficient (Wildman–Crippen LogP) is 13.7. The van der Waals surface area contributed by atoms with E-state index in [9.17, 15) is 0 Å². The standard InChI is InChI=1S/C50H87NO2/c1-5-7-11-17-39-29-43(39)27-37-25-38(26-37)28-44-30-40(44)19-13-9-15-22-50(52-36-49(53-50)21-24-51(3)4)23-16-10-14-20-42-32-46(42)34-48-35-47(48)33-45-31-41(45)18-12-8-6-2/h11,17,37-49H,5-10,12-16,18-36H2,1-4H3. The van der Waals surface area contributed by atoms with Crippen LogP contribution in [-0.2, 0) is 9.47 Å². The number of allylic oxidation sites excluding steroid dienone is 2. The molecule has 7 aliphatic rings. The molecule has 1 saturated heterocycles. The molecule has 0 aromatic rings. The lowest BCUT2D eigenvalue weighted by atomic mass is 9.70. The lowest BCUT2D eigenvalue weighted by Crippen LogP contribution is -2.31. The number of nitrogens with zero attached hydrogens (tertiary/aromatic N) is 1.